The van der Waals surface area contributed by atoms with Gasteiger partial charge in [-0.1, -0.05) is 0 Å². The number of benzene rings is 1. The molecule has 0 radical (unpaired) electrons. The van der Waals surface area contributed by atoms with Crippen molar-refractivity contribution in [1.82, 2.24) is 5.32 Å². The number of nitrogens with one attached hydrogen (secondary N) is 1. The Morgan fingerprint density at radius 1 is 1.39 bits per heavy atom. The molecule has 0 saturated heterocycles. The Kier molecular flexibility index (Phi) is 5.83. The molecule has 18 heavy (non-hydrogen) atoms. The standard InChI is InChI=1S/C12H16INO4/c1-7(12(17-2)18-3)14-11(16)8-4-5-9(13)10(15)6-8/h4-7,12,15H,1-3H3,(H,14,16). The minimum Gasteiger partial charge on any atom is -0.507 e. The lowest BCUT2D eigenvalue weighted by Gasteiger charge is -2.22. The smallest absolute Gasteiger partial charge is 0.251 e. The highest BCUT2D eigenvalue weighted by Gasteiger charge is 2.19. The van der Waals surface area contributed by atoms with Crippen LogP contribution in [0.25, 0.3) is 0 Å². The third-order valence-corrected chi connectivity index (χ3v) is 3.35. The van der Waals surface area contributed by atoms with Gasteiger partial charge in [-0.2, -0.15) is 0 Å². The molecule has 6 heteroatoms. The highest BCUT2D eigenvalue weighted by molar-refractivity contribution is 14.1. The molecule has 1 aromatic rings. The number of amides is 1. The quantitative estimate of drug-likeness (QED) is 0.616. The van der Waals surface area contributed by atoms with Gasteiger partial charge in [-0.05, 0) is 47.7 Å². The average Bonchev–Trinajstić information content (AvgIpc) is 2.34. The summed E-state index contributed by atoms with van der Waals surface area (Å²) in [5.41, 5.74) is 0.394. The summed E-state index contributed by atoms with van der Waals surface area (Å²) in [5.74, 6) is -0.195. The lowest BCUT2D eigenvalue weighted by molar-refractivity contribution is -0.117. The second-order valence-electron chi connectivity index (χ2n) is 3.77. The van der Waals surface area contributed by atoms with Gasteiger partial charge in [0.25, 0.3) is 5.91 Å². The van der Waals surface area contributed by atoms with Gasteiger partial charge in [-0.25, -0.2) is 0 Å². The van der Waals surface area contributed by atoms with Crippen LogP contribution in [-0.2, 0) is 9.47 Å². The van der Waals surface area contributed by atoms with Crippen LogP contribution in [0, 0.1) is 3.57 Å². The zero-order valence-corrected chi connectivity index (χ0v) is 12.6. The number of ether oxygens (including phenoxy) is 2. The molecule has 1 aromatic carbocycles. The van der Waals surface area contributed by atoms with Crippen LogP contribution >= 0.6 is 22.6 Å². The fraction of sp³-hybridized carbons (Fsp3) is 0.417. The van der Waals surface area contributed by atoms with Gasteiger partial charge in [0.1, 0.15) is 5.75 Å². The second-order valence-corrected chi connectivity index (χ2v) is 4.93. The van der Waals surface area contributed by atoms with E-state index in [2.05, 4.69) is 5.32 Å². The molecule has 0 saturated carbocycles. The topological polar surface area (TPSA) is 67.8 Å². The molecule has 0 fully saturated rings. The van der Waals surface area contributed by atoms with E-state index in [1.165, 1.54) is 20.3 Å². The predicted molar refractivity (Wildman–Crippen MR) is 75.6 cm³/mol. The predicted octanol–water partition coefficient (Wildman–Crippen LogP) is 1.73. The van der Waals surface area contributed by atoms with Crippen molar-refractivity contribution >= 4 is 28.5 Å². The molecular formula is C12H16INO4. The summed E-state index contributed by atoms with van der Waals surface area (Å²) in [5, 5.41) is 12.3. The number of carbonyl (C=O) groups is 1. The van der Waals surface area contributed by atoms with Crippen LogP contribution in [0.5, 0.6) is 5.75 Å². The Morgan fingerprint density at radius 2 is 2.00 bits per heavy atom. The first-order chi connectivity index (χ1) is 8.49. The van der Waals surface area contributed by atoms with Crippen molar-refractivity contribution in [3.05, 3.63) is 27.3 Å². The van der Waals surface area contributed by atoms with E-state index in [9.17, 15) is 9.90 Å². The van der Waals surface area contributed by atoms with Gasteiger partial charge in [0, 0.05) is 19.8 Å². The molecule has 1 rings (SSSR count). The third-order valence-electron chi connectivity index (χ3n) is 2.44. The van der Waals surface area contributed by atoms with Crippen LogP contribution in [0.15, 0.2) is 18.2 Å². The molecule has 1 unspecified atom stereocenters. The molecule has 1 amide bonds. The van der Waals surface area contributed by atoms with Gasteiger partial charge in [-0.3, -0.25) is 4.79 Å². The second kappa shape index (κ2) is 6.91. The molecule has 0 aliphatic heterocycles. The summed E-state index contributed by atoms with van der Waals surface area (Å²) >= 11 is 1.99. The molecule has 5 nitrogen and oxygen atoms in total. The maximum absolute atomic E-state index is 11.9. The Balaban J connectivity index is 2.73. The summed E-state index contributed by atoms with van der Waals surface area (Å²) in [7, 11) is 3.01. The summed E-state index contributed by atoms with van der Waals surface area (Å²) in [6.45, 7) is 1.78. The molecule has 0 aromatic heterocycles. The summed E-state index contributed by atoms with van der Waals surface area (Å²) in [4.78, 5) is 11.9. The minimum absolute atomic E-state index is 0.0888. The molecule has 0 bridgehead atoms. The number of aromatic hydroxyl groups is 1. The number of hydrogen-bond acceptors (Lipinski definition) is 4. The van der Waals surface area contributed by atoms with Crippen LogP contribution in [0.1, 0.15) is 17.3 Å². The first kappa shape index (κ1) is 15.2. The maximum atomic E-state index is 11.9. The molecule has 1 atom stereocenters. The van der Waals surface area contributed by atoms with E-state index >= 15 is 0 Å². The molecule has 0 heterocycles. The van der Waals surface area contributed by atoms with E-state index in [0.29, 0.717) is 9.13 Å². The SMILES string of the molecule is COC(OC)C(C)NC(=O)c1ccc(I)c(O)c1. The van der Waals surface area contributed by atoms with E-state index in [4.69, 9.17) is 9.47 Å². The van der Waals surface area contributed by atoms with Gasteiger partial charge >= 0.3 is 0 Å². The number of halogens is 1. The van der Waals surface area contributed by atoms with Gasteiger partial charge in [0.15, 0.2) is 6.29 Å². The average molecular weight is 365 g/mol. The first-order valence-electron chi connectivity index (χ1n) is 5.34. The minimum atomic E-state index is -0.508. The monoisotopic (exact) mass is 365 g/mol. The van der Waals surface area contributed by atoms with Crippen LogP contribution in [0.2, 0.25) is 0 Å². The van der Waals surface area contributed by atoms with Gasteiger partial charge < -0.3 is 19.9 Å². The van der Waals surface area contributed by atoms with Gasteiger partial charge in [0.05, 0.1) is 9.61 Å². The first-order valence-corrected chi connectivity index (χ1v) is 6.42. The number of rotatable bonds is 5. The van der Waals surface area contributed by atoms with Crippen molar-refractivity contribution < 1.29 is 19.4 Å². The third kappa shape index (κ3) is 3.82. The number of hydrogen-bond donors (Lipinski definition) is 2. The van der Waals surface area contributed by atoms with Crippen LogP contribution in [-0.4, -0.2) is 37.6 Å². The molecule has 0 spiro atoms. The van der Waals surface area contributed by atoms with E-state index in [1.54, 1.807) is 19.1 Å². The van der Waals surface area contributed by atoms with E-state index in [-0.39, 0.29) is 17.7 Å². The number of phenols is 1. The summed E-state index contributed by atoms with van der Waals surface area (Å²) < 4.78 is 10.8. The largest absolute Gasteiger partial charge is 0.507 e. The highest BCUT2D eigenvalue weighted by Crippen LogP contribution is 2.20. The van der Waals surface area contributed by atoms with Crippen LogP contribution < -0.4 is 5.32 Å². The molecule has 0 aliphatic rings. The summed E-state index contributed by atoms with van der Waals surface area (Å²) in [6.07, 6.45) is -0.508. The van der Waals surface area contributed by atoms with E-state index in [0.717, 1.165) is 0 Å². The Labute approximate surface area is 120 Å². The van der Waals surface area contributed by atoms with E-state index < -0.39 is 6.29 Å². The van der Waals surface area contributed by atoms with Crippen molar-refractivity contribution in [3.8, 4) is 5.75 Å². The van der Waals surface area contributed by atoms with Gasteiger partial charge in [-0.15, -0.1) is 0 Å². The fourth-order valence-electron chi connectivity index (χ4n) is 1.52. The van der Waals surface area contributed by atoms with Crippen molar-refractivity contribution in [2.45, 2.75) is 19.3 Å². The molecular weight excluding hydrogens is 349 g/mol. The van der Waals surface area contributed by atoms with Crippen molar-refractivity contribution in [3.63, 3.8) is 0 Å². The fourth-order valence-corrected chi connectivity index (χ4v) is 1.85. The van der Waals surface area contributed by atoms with Gasteiger partial charge in [0.2, 0.25) is 0 Å². The Bertz CT molecular complexity index is 421. The maximum Gasteiger partial charge on any atom is 0.251 e. The molecule has 0 aliphatic carbocycles. The zero-order valence-electron chi connectivity index (χ0n) is 10.4. The van der Waals surface area contributed by atoms with Crippen molar-refractivity contribution in [2.24, 2.45) is 0 Å². The normalized spacial score (nSPS) is 12.5. The Hall–Kier alpha value is -0.860. The van der Waals surface area contributed by atoms with E-state index in [1.807, 2.05) is 22.6 Å². The number of methoxy groups -OCH3 is 2. The number of phenolic OH excluding ortho intramolecular Hbond substituents is 1. The molecule has 100 valence electrons. The highest BCUT2D eigenvalue weighted by atomic mass is 127. The lowest BCUT2D eigenvalue weighted by Crippen LogP contribution is -2.42. The van der Waals surface area contributed by atoms with Crippen LogP contribution in [0.4, 0.5) is 0 Å². The van der Waals surface area contributed by atoms with Crippen molar-refractivity contribution in [2.75, 3.05) is 14.2 Å². The number of carbonyl (C=O) groups excluding carboxylic acids is 1. The molecule has 2 N–H and O–H groups in total. The lowest BCUT2D eigenvalue weighted by atomic mass is 10.2. The van der Waals surface area contributed by atoms with Crippen molar-refractivity contribution in [1.29, 1.82) is 0 Å². The Morgan fingerprint density at radius 3 is 2.50 bits per heavy atom. The summed E-state index contributed by atoms with van der Waals surface area (Å²) in [6, 6.07) is 4.46. The zero-order chi connectivity index (χ0) is 13.7. The van der Waals surface area contributed by atoms with Crippen LogP contribution in [0.3, 0.4) is 0 Å².